The summed E-state index contributed by atoms with van der Waals surface area (Å²) in [5.74, 6) is 2.23. The molecule has 0 aliphatic heterocycles. The molecule has 0 unspecified atom stereocenters. The molecule has 2 rings (SSSR count). The molecular formula is C19H25N3O3. The molecule has 0 fully saturated rings. The van der Waals surface area contributed by atoms with Crippen LogP contribution < -0.4 is 10.1 Å². The van der Waals surface area contributed by atoms with E-state index in [9.17, 15) is 4.79 Å². The second-order valence-electron chi connectivity index (χ2n) is 6.45. The lowest BCUT2D eigenvalue weighted by molar-refractivity contribution is 0.186. The summed E-state index contributed by atoms with van der Waals surface area (Å²) in [4.78, 5) is 19.5. The van der Waals surface area contributed by atoms with Crippen molar-refractivity contribution in [2.75, 3.05) is 19.0 Å². The number of methoxy groups -OCH3 is 1. The second kappa shape index (κ2) is 9.01. The van der Waals surface area contributed by atoms with Crippen LogP contribution in [0.4, 0.5) is 10.7 Å². The molecule has 0 radical (unpaired) electrons. The van der Waals surface area contributed by atoms with E-state index < -0.39 is 6.09 Å². The van der Waals surface area contributed by atoms with Gasteiger partial charge in [-0.15, -0.1) is 0 Å². The van der Waals surface area contributed by atoms with Gasteiger partial charge in [-0.2, -0.15) is 0 Å². The van der Waals surface area contributed by atoms with Crippen LogP contribution in [0, 0.1) is 11.8 Å². The van der Waals surface area contributed by atoms with Gasteiger partial charge in [0.25, 0.3) is 0 Å². The smallest absolute Gasteiger partial charge is 0.413 e. The van der Waals surface area contributed by atoms with Crippen molar-refractivity contribution >= 4 is 12.0 Å². The number of nitrogens with zero attached hydrogens (tertiary/aromatic N) is 2. The summed E-state index contributed by atoms with van der Waals surface area (Å²) in [6.45, 7) is 7.34. The number of benzene rings is 1. The molecule has 6 heteroatoms. The first-order valence-corrected chi connectivity index (χ1v) is 8.39. The van der Waals surface area contributed by atoms with Gasteiger partial charge in [0.2, 0.25) is 5.95 Å². The fraction of sp³-hybridized carbons (Fsp3) is 0.421. The Morgan fingerprint density at radius 3 is 2.52 bits per heavy atom. The van der Waals surface area contributed by atoms with Gasteiger partial charge in [-0.3, -0.25) is 5.32 Å². The summed E-state index contributed by atoms with van der Waals surface area (Å²) in [5.41, 5.74) is 1.62. The fourth-order valence-corrected chi connectivity index (χ4v) is 2.56. The molecule has 0 aliphatic carbocycles. The van der Waals surface area contributed by atoms with Gasteiger partial charge in [-0.25, -0.2) is 14.8 Å². The Bertz CT molecular complexity index is 687. The number of ether oxygens (including phenoxy) is 2. The van der Waals surface area contributed by atoms with Crippen molar-refractivity contribution < 1.29 is 14.3 Å². The normalized spacial score (nSPS) is 11.9. The van der Waals surface area contributed by atoms with Gasteiger partial charge in [-0.1, -0.05) is 20.8 Å². The summed E-state index contributed by atoms with van der Waals surface area (Å²) in [5, 5.41) is 2.45. The van der Waals surface area contributed by atoms with Crippen LogP contribution in [0.5, 0.6) is 5.75 Å². The molecule has 1 atom stereocenters. The molecule has 134 valence electrons. The van der Waals surface area contributed by atoms with Crippen LogP contribution in [-0.4, -0.2) is 29.8 Å². The third kappa shape index (κ3) is 6.06. The van der Waals surface area contributed by atoms with E-state index in [1.807, 2.05) is 24.3 Å². The predicted octanol–water partition coefficient (Wildman–Crippen LogP) is 4.38. The maximum Gasteiger partial charge on any atom is 0.413 e. The average molecular weight is 343 g/mol. The average Bonchev–Trinajstić information content (AvgIpc) is 2.60. The Hall–Kier alpha value is -2.63. The topological polar surface area (TPSA) is 73.3 Å². The monoisotopic (exact) mass is 343 g/mol. The summed E-state index contributed by atoms with van der Waals surface area (Å²) in [7, 11) is 1.29. The Morgan fingerprint density at radius 1 is 1.16 bits per heavy atom. The van der Waals surface area contributed by atoms with Gasteiger partial charge >= 0.3 is 6.09 Å². The number of rotatable bonds is 7. The Morgan fingerprint density at radius 2 is 1.88 bits per heavy atom. The maximum absolute atomic E-state index is 11.2. The highest BCUT2D eigenvalue weighted by Crippen LogP contribution is 2.22. The molecule has 2 aromatic rings. The third-order valence-electron chi connectivity index (χ3n) is 3.61. The van der Waals surface area contributed by atoms with E-state index in [2.05, 4.69) is 40.8 Å². The molecule has 0 saturated carbocycles. The summed E-state index contributed by atoms with van der Waals surface area (Å²) < 4.78 is 10.4. The van der Waals surface area contributed by atoms with Gasteiger partial charge in [-0.05, 0) is 48.6 Å². The minimum atomic E-state index is -0.601. The lowest BCUT2D eigenvalue weighted by Gasteiger charge is -2.15. The zero-order valence-corrected chi connectivity index (χ0v) is 15.2. The third-order valence-corrected chi connectivity index (χ3v) is 3.61. The van der Waals surface area contributed by atoms with E-state index in [-0.39, 0.29) is 5.95 Å². The van der Waals surface area contributed by atoms with E-state index in [0.717, 1.165) is 17.7 Å². The fourth-order valence-electron chi connectivity index (χ4n) is 2.56. The first-order chi connectivity index (χ1) is 12.0. The Kier molecular flexibility index (Phi) is 6.74. The van der Waals surface area contributed by atoms with E-state index in [4.69, 9.17) is 4.74 Å². The minimum absolute atomic E-state index is 0.201. The zero-order chi connectivity index (χ0) is 18.2. The number of nitrogens with one attached hydrogen (secondary N) is 1. The van der Waals surface area contributed by atoms with Crippen molar-refractivity contribution in [2.24, 2.45) is 11.8 Å². The summed E-state index contributed by atoms with van der Waals surface area (Å²) in [6, 6.07) is 9.50. The van der Waals surface area contributed by atoms with Crippen LogP contribution >= 0.6 is 0 Å². The van der Waals surface area contributed by atoms with Gasteiger partial charge in [0.15, 0.2) is 0 Å². The van der Waals surface area contributed by atoms with E-state index in [1.165, 1.54) is 7.11 Å². The molecule has 0 aliphatic rings. The van der Waals surface area contributed by atoms with Crippen molar-refractivity contribution in [1.82, 2.24) is 9.97 Å². The molecule has 0 saturated heterocycles. The molecule has 0 bridgehead atoms. The zero-order valence-electron chi connectivity index (χ0n) is 15.2. The molecule has 1 heterocycles. The van der Waals surface area contributed by atoms with Crippen LogP contribution in [-0.2, 0) is 4.74 Å². The quantitative estimate of drug-likeness (QED) is 0.807. The van der Waals surface area contributed by atoms with Crippen LogP contribution in [0.3, 0.4) is 0 Å². The number of hydrogen-bond donors (Lipinski definition) is 1. The van der Waals surface area contributed by atoms with Crippen molar-refractivity contribution in [3.63, 3.8) is 0 Å². The van der Waals surface area contributed by atoms with Crippen molar-refractivity contribution in [3.05, 3.63) is 36.5 Å². The van der Waals surface area contributed by atoms with Gasteiger partial charge in [0, 0.05) is 11.8 Å². The van der Waals surface area contributed by atoms with Crippen molar-refractivity contribution in [1.29, 1.82) is 0 Å². The maximum atomic E-state index is 11.2. The molecule has 0 spiro atoms. The minimum Gasteiger partial charge on any atom is -0.493 e. The van der Waals surface area contributed by atoms with Crippen LogP contribution in [0.15, 0.2) is 36.5 Å². The molecule has 1 aromatic heterocycles. The lowest BCUT2D eigenvalue weighted by atomic mass is 10.00. The van der Waals surface area contributed by atoms with Crippen LogP contribution in [0.1, 0.15) is 27.2 Å². The van der Waals surface area contributed by atoms with E-state index in [1.54, 1.807) is 12.3 Å². The molecule has 1 N–H and O–H groups in total. The number of amides is 1. The molecule has 25 heavy (non-hydrogen) atoms. The van der Waals surface area contributed by atoms with Crippen molar-refractivity contribution in [2.45, 2.75) is 27.2 Å². The molecule has 1 aromatic carbocycles. The van der Waals surface area contributed by atoms with Crippen molar-refractivity contribution in [3.8, 4) is 17.0 Å². The molecule has 1 amide bonds. The first kappa shape index (κ1) is 18.7. The Balaban J connectivity index is 2.00. The number of aromatic nitrogens is 2. The predicted molar refractivity (Wildman–Crippen MR) is 97.6 cm³/mol. The van der Waals surface area contributed by atoms with Crippen LogP contribution in [0.25, 0.3) is 11.3 Å². The van der Waals surface area contributed by atoms with E-state index >= 15 is 0 Å². The lowest BCUT2D eigenvalue weighted by Crippen LogP contribution is -2.13. The van der Waals surface area contributed by atoms with E-state index in [0.29, 0.717) is 24.1 Å². The number of carbonyl (C=O) groups excluding carboxylic acids is 1. The highest BCUT2D eigenvalue weighted by molar-refractivity contribution is 5.82. The van der Waals surface area contributed by atoms with Gasteiger partial charge in [0.1, 0.15) is 5.75 Å². The highest BCUT2D eigenvalue weighted by atomic mass is 16.5. The summed E-state index contributed by atoms with van der Waals surface area (Å²) >= 11 is 0. The molecular weight excluding hydrogens is 318 g/mol. The first-order valence-electron chi connectivity index (χ1n) is 8.39. The Labute approximate surface area is 148 Å². The SMILES string of the molecule is COC(=O)Nc1nccc(-c2ccc(OC[C@H](C)CC(C)C)cc2)n1. The highest BCUT2D eigenvalue weighted by Gasteiger charge is 2.08. The number of carbonyl (C=O) groups is 1. The standard InChI is InChI=1S/C19H25N3O3/c1-13(2)11-14(3)12-25-16-7-5-15(6-8-16)17-9-10-20-18(21-17)22-19(23)24-4/h5-10,13-14H,11-12H2,1-4H3,(H,20,21,22,23)/t14-/m1/s1. The second-order valence-corrected chi connectivity index (χ2v) is 6.45. The van der Waals surface area contributed by atoms with Gasteiger partial charge < -0.3 is 9.47 Å². The molecule has 6 nitrogen and oxygen atoms in total. The van der Waals surface area contributed by atoms with Crippen LogP contribution in [0.2, 0.25) is 0 Å². The summed E-state index contributed by atoms with van der Waals surface area (Å²) in [6.07, 6.45) is 2.14. The largest absolute Gasteiger partial charge is 0.493 e. The number of hydrogen-bond acceptors (Lipinski definition) is 5. The van der Waals surface area contributed by atoms with Gasteiger partial charge in [0.05, 0.1) is 19.4 Å². The number of anilines is 1.